The van der Waals surface area contributed by atoms with E-state index in [-0.39, 0.29) is 18.5 Å². The molecule has 0 spiro atoms. The minimum Gasteiger partial charge on any atom is -0.492 e. The lowest BCUT2D eigenvalue weighted by Crippen LogP contribution is -2.26. The van der Waals surface area contributed by atoms with Crippen molar-refractivity contribution >= 4 is 34.8 Å². The van der Waals surface area contributed by atoms with Crippen LogP contribution in [0.1, 0.15) is 25.7 Å². The van der Waals surface area contributed by atoms with Gasteiger partial charge in [-0.25, -0.2) is 9.97 Å². The monoisotopic (exact) mass is 528 g/mol. The number of likely N-dealkylation sites (tertiary alicyclic amines) is 1. The summed E-state index contributed by atoms with van der Waals surface area (Å²) in [6.07, 6.45) is 5.85. The summed E-state index contributed by atoms with van der Waals surface area (Å²) in [7, 11) is 0. The predicted octanol–water partition coefficient (Wildman–Crippen LogP) is 4.60. The molecule has 0 atom stereocenters. The van der Waals surface area contributed by atoms with Crippen molar-refractivity contribution in [1.29, 1.82) is 0 Å². The normalized spacial score (nSPS) is 17.8. The minimum absolute atomic E-state index is 0. The molecule has 0 bridgehead atoms. The molecule has 0 saturated carbocycles. The Balaban J connectivity index is 0.00000280. The highest BCUT2D eigenvalue weighted by Gasteiger charge is 2.22. The number of nitrogens with one attached hydrogen (secondary N) is 1. The lowest BCUT2D eigenvalue weighted by Gasteiger charge is -2.25. The molecule has 0 unspecified atom stereocenters. The van der Waals surface area contributed by atoms with Crippen molar-refractivity contribution in [3.63, 3.8) is 0 Å². The Kier molecular flexibility index (Phi) is 8.33. The molecule has 3 aliphatic rings. The zero-order valence-corrected chi connectivity index (χ0v) is 21.6. The third-order valence-electron chi connectivity index (χ3n) is 6.83. The first kappa shape index (κ1) is 25.6. The van der Waals surface area contributed by atoms with E-state index in [0.717, 1.165) is 60.6 Å². The Morgan fingerprint density at radius 1 is 1.00 bits per heavy atom. The molecule has 2 saturated heterocycles. The average molecular weight is 529 g/mol. The number of para-hydroxylation sites is 1. The molecule has 3 aliphatic heterocycles. The van der Waals surface area contributed by atoms with Gasteiger partial charge in [-0.2, -0.15) is 0 Å². The summed E-state index contributed by atoms with van der Waals surface area (Å²) in [5.74, 6) is 3.51. The zero-order chi connectivity index (χ0) is 24.2. The van der Waals surface area contributed by atoms with Crippen molar-refractivity contribution < 1.29 is 23.7 Å². The molecule has 2 fully saturated rings. The topological polar surface area (TPSA) is 87.2 Å². The maximum absolute atomic E-state index is 6.53. The van der Waals surface area contributed by atoms with Gasteiger partial charge in [0, 0.05) is 31.5 Å². The summed E-state index contributed by atoms with van der Waals surface area (Å²) in [6, 6.07) is 9.73. The average Bonchev–Trinajstić information content (AvgIpc) is 3.43. The summed E-state index contributed by atoms with van der Waals surface area (Å²) in [4.78, 5) is 11.6. The molecule has 1 aromatic heterocycles. The molecule has 3 aromatic rings. The van der Waals surface area contributed by atoms with E-state index in [0.29, 0.717) is 50.4 Å². The fourth-order valence-corrected chi connectivity index (χ4v) is 4.97. The molecular weight excluding hydrogens is 496 g/mol. The molecule has 2 aromatic carbocycles. The molecular formula is C27H33ClN4O5. The van der Waals surface area contributed by atoms with E-state index in [1.807, 2.05) is 30.3 Å². The van der Waals surface area contributed by atoms with Crippen LogP contribution in [-0.4, -0.2) is 73.6 Å². The molecule has 0 amide bonds. The Morgan fingerprint density at radius 3 is 2.70 bits per heavy atom. The van der Waals surface area contributed by atoms with Gasteiger partial charge < -0.3 is 29.0 Å². The number of benzene rings is 2. The van der Waals surface area contributed by atoms with Gasteiger partial charge in [0.15, 0.2) is 11.5 Å². The SMILES string of the molecule is Cl.c1cc(Nc2ncnc3cc(OCCN4CCCC4)cc(OC4CCOCC4)c23)c2c(c1)OCCO2. The van der Waals surface area contributed by atoms with Gasteiger partial charge >= 0.3 is 0 Å². The second kappa shape index (κ2) is 12.0. The number of rotatable bonds is 8. The minimum atomic E-state index is 0. The van der Waals surface area contributed by atoms with Crippen LogP contribution in [0, 0.1) is 0 Å². The second-order valence-electron chi connectivity index (χ2n) is 9.32. The highest BCUT2D eigenvalue weighted by molar-refractivity contribution is 5.97. The molecule has 6 rings (SSSR count). The highest BCUT2D eigenvalue weighted by atomic mass is 35.5. The molecule has 10 heteroatoms. The van der Waals surface area contributed by atoms with E-state index >= 15 is 0 Å². The largest absolute Gasteiger partial charge is 0.492 e. The molecule has 4 heterocycles. The van der Waals surface area contributed by atoms with Gasteiger partial charge in [0.25, 0.3) is 0 Å². The summed E-state index contributed by atoms with van der Waals surface area (Å²) >= 11 is 0. The van der Waals surface area contributed by atoms with Gasteiger partial charge in [0.05, 0.1) is 29.8 Å². The van der Waals surface area contributed by atoms with Crippen molar-refractivity contribution in [2.45, 2.75) is 31.8 Å². The van der Waals surface area contributed by atoms with Crippen LogP contribution in [0.3, 0.4) is 0 Å². The van der Waals surface area contributed by atoms with Crippen LogP contribution in [0.15, 0.2) is 36.7 Å². The number of hydrogen-bond donors (Lipinski definition) is 1. The van der Waals surface area contributed by atoms with Crippen LogP contribution in [0.25, 0.3) is 10.9 Å². The molecule has 0 radical (unpaired) electrons. The highest BCUT2D eigenvalue weighted by Crippen LogP contribution is 2.41. The maximum Gasteiger partial charge on any atom is 0.184 e. The van der Waals surface area contributed by atoms with Gasteiger partial charge in [0.2, 0.25) is 0 Å². The number of hydrogen-bond acceptors (Lipinski definition) is 9. The first-order valence-electron chi connectivity index (χ1n) is 12.9. The summed E-state index contributed by atoms with van der Waals surface area (Å²) in [5.41, 5.74) is 1.55. The Labute approximate surface area is 222 Å². The quantitative estimate of drug-likeness (QED) is 0.450. The third kappa shape index (κ3) is 5.95. The Bertz CT molecular complexity index is 1200. The zero-order valence-electron chi connectivity index (χ0n) is 20.8. The number of ether oxygens (including phenoxy) is 5. The van der Waals surface area contributed by atoms with Crippen molar-refractivity contribution in [2.75, 3.05) is 58.0 Å². The molecule has 1 N–H and O–H groups in total. The number of fused-ring (bicyclic) bond motifs is 2. The number of aromatic nitrogens is 2. The smallest absolute Gasteiger partial charge is 0.184 e. The van der Waals surface area contributed by atoms with Crippen molar-refractivity contribution in [3.05, 3.63) is 36.7 Å². The maximum atomic E-state index is 6.53. The van der Waals surface area contributed by atoms with Crippen LogP contribution in [-0.2, 0) is 4.74 Å². The van der Waals surface area contributed by atoms with Crippen LogP contribution in [0.4, 0.5) is 11.5 Å². The summed E-state index contributed by atoms with van der Waals surface area (Å²) in [6.45, 7) is 6.30. The molecule has 37 heavy (non-hydrogen) atoms. The van der Waals surface area contributed by atoms with E-state index in [9.17, 15) is 0 Å². The van der Waals surface area contributed by atoms with E-state index in [1.54, 1.807) is 6.33 Å². The van der Waals surface area contributed by atoms with Gasteiger partial charge in [0.1, 0.15) is 49.6 Å². The van der Waals surface area contributed by atoms with Gasteiger partial charge in [-0.05, 0) is 38.1 Å². The Morgan fingerprint density at radius 2 is 1.84 bits per heavy atom. The number of halogens is 1. The van der Waals surface area contributed by atoms with E-state index in [2.05, 4.69) is 20.2 Å². The molecule has 198 valence electrons. The lowest BCUT2D eigenvalue weighted by molar-refractivity contribution is 0.0261. The van der Waals surface area contributed by atoms with Gasteiger partial charge in [-0.15, -0.1) is 12.4 Å². The second-order valence-corrected chi connectivity index (χ2v) is 9.32. The Hall–Kier alpha value is -3.01. The van der Waals surface area contributed by atoms with Crippen molar-refractivity contribution in [2.24, 2.45) is 0 Å². The third-order valence-corrected chi connectivity index (χ3v) is 6.83. The van der Waals surface area contributed by atoms with E-state index in [1.165, 1.54) is 12.8 Å². The first-order chi connectivity index (χ1) is 17.8. The fraction of sp³-hybridized carbons (Fsp3) is 0.481. The van der Waals surface area contributed by atoms with Crippen LogP contribution in [0.5, 0.6) is 23.0 Å². The first-order valence-corrected chi connectivity index (χ1v) is 12.9. The summed E-state index contributed by atoms with van der Waals surface area (Å²) in [5, 5.41) is 4.25. The van der Waals surface area contributed by atoms with Crippen LogP contribution >= 0.6 is 12.4 Å². The van der Waals surface area contributed by atoms with Gasteiger partial charge in [-0.3, -0.25) is 4.90 Å². The predicted molar refractivity (Wildman–Crippen MR) is 143 cm³/mol. The number of nitrogens with zero attached hydrogens (tertiary/aromatic N) is 3. The van der Waals surface area contributed by atoms with Crippen LogP contribution < -0.4 is 24.3 Å². The van der Waals surface area contributed by atoms with Crippen molar-refractivity contribution in [1.82, 2.24) is 14.9 Å². The van der Waals surface area contributed by atoms with E-state index < -0.39 is 0 Å². The summed E-state index contributed by atoms with van der Waals surface area (Å²) < 4.78 is 29.9. The molecule has 0 aliphatic carbocycles. The van der Waals surface area contributed by atoms with Gasteiger partial charge in [-0.1, -0.05) is 6.07 Å². The van der Waals surface area contributed by atoms with Crippen LogP contribution in [0.2, 0.25) is 0 Å². The van der Waals surface area contributed by atoms with E-state index in [4.69, 9.17) is 23.7 Å². The van der Waals surface area contributed by atoms with Crippen molar-refractivity contribution in [3.8, 4) is 23.0 Å². The standard InChI is InChI=1S/C27H32N4O5.ClH/c1-2-9-31(8-1)10-13-33-20-16-22-25(24(17-20)36-19-6-11-32-12-7-19)27(29-18-28-22)30-21-4-3-5-23-26(21)35-15-14-34-23;/h3-5,16-19H,1-2,6-15H2,(H,28,29,30);1H. The fourth-order valence-electron chi connectivity index (χ4n) is 4.97. The lowest BCUT2D eigenvalue weighted by atomic mass is 10.1. The number of anilines is 2. The molecule has 9 nitrogen and oxygen atoms in total.